The molecule has 1 aliphatic carbocycles. The number of halogens is 1. The number of H-pyrrole nitrogens is 1. The van der Waals surface area contributed by atoms with Crippen molar-refractivity contribution in [1.82, 2.24) is 9.71 Å². The maximum Gasteiger partial charge on any atom is 0.281 e. The highest BCUT2D eigenvalue weighted by Gasteiger charge is 2.23. The molecule has 0 fully saturated rings. The summed E-state index contributed by atoms with van der Waals surface area (Å²) in [6.45, 7) is 4.33. The zero-order chi connectivity index (χ0) is 26.9. The molecule has 1 heterocycles. The first-order chi connectivity index (χ1) is 18.2. The van der Waals surface area contributed by atoms with Crippen LogP contribution in [0.5, 0.6) is 5.75 Å². The molecule has 2 N–H and O–H groups in total. The van der Waals surface area contributed by atoms with Crippen LogP contribution in [0.25, 0.3) is 22.9 Å². The Morgan fingerprint density at radius 3 is 2.47 bits per heavy atom. The minimum Gasteiger partial charge on any atom is -0.494 e. The van der Waals surface area contributed by atoms with E-state index in [0.717, 1.165) is 61.6 Å². The van der Waals surface area contributed by atoms with E-state index in [2.05, 4.69) is 15.8 Å². The van der Waals surface area contributed by atoms with E-state index in [9.17, 15) is 13.2 Å². The van der Waals surface area contributed by atoms with Crippen LogP contribution >= 0.6 is 11.6 Å². The molecular formula is C30H29ClN2O4S. The number of sulfonamides is 1. The van der Waals surface area contributed by atoms with E-state index in [-0.39, 0.29) is 10.6 Å². The molecule has 0 bridgehead atoms. The molecule has 0 unspecified atom stereocenters. The van der Waals surface area contributed by atoms with Crippen molar-refractivity contribution < 1.29 is 17.9 Å². The van der Waals surface area contributed by atoms with Crippen molar-refractivity contribution in [2.45, 2.75) is 44.4 Å². The SMILES string of the molecule is Cc1cc(OCCCc2c(C(=O)NS(=O)(=O)c3ccc4ccccc4c3)[nH]c3c2=CCCC=3)cc(C)c1Cl. The molecule has 1 aromatic heterocycles. The predicted molar refractivity (Wildman–Crippen MR) is 152 cm³/mol. The third-order valence-electron chi connectivity index (χ3n) is 6.78. The van der Waals surface area contributed by atoms with Gasteiger partial charge in [-0.2, -0.15) is 0 Å². The van der Waals surface area contributed by atoms with Gasteiger partial charge in [-0.25, -0.2) is 13.1 Å². The molecule has 6 nitrogen and oxygen atoms in total. The minimum atomic E-state index is -4.07. The number of aryl methyl sites for hydroxylation is 2. The smallest absolute Gasteiger partial charge is 0.281 e. The standard InChI is InChI=1S/C30H29ClN2O4S/c1-19-16-23(17-20(2)28(19)31)37-15-7-11-26-25-10-5-6-12-27(25)32-29(26)30(34)33-38(35,36)24-14-13-21-8-3-4-9-22(21)18-24/h3-4,8-10,12-14,16-18,32H,5-7,11,15H2,1-2H3,(H,33,34). The number of benzene rings is 3. The van der Waals surface area contributed by atoms with Crippen molar-refractivity contribution in [2.24, 2.45) is 0 Å². The first-order valence-electron chi connectivity index (χ1n) is 12.6. The van der Waals surface area contributed by atoms with Gasteiger partial charge in [-0.1, -0.05) is 54.1 Å². The molecule has 196 valence electrons. The van der Waals surface area contributed by atoms with E-state index < -0.39 is 15.9 Å². The summed E-state index contributed by atoms with van der Waals surface area (Å²) in [5, 5.41) is 4.26. The number of carbonyl (C=O) groups is 1. The third kappa shape index (κ3) is 5.35. The van der Waals surface area contributed by atoms with E-state index in [1.165, 1.54) is 6.07 Å². The number of aromatic amines is 1. The Hall–Kier alpha value is -3.55. The van der Waals surface area contributed by atoms with Crippen molar-refractivity contribution in [1.29, 1.82) is 0 Å². The number of amides is 1. The fourth-order valence-corrected chi connectivity index (χ4v) is 5.98. The topological polar surface area (TPSA) is 88.3 Å². The molecule has 8 heteroatoms. The Balaban J connectivity index is 1.35. The van der Waals surface area contributed by atoms with Crippen LogP contribution in [0.2, 0.25) is 5.02 Å². The molecule has 0 aliphatic heterocycles. The fraction of sp³-hybridized carbons (Fsp3) is 0.233. The highest BCUT2D eigenvalue weighted by molar-refractivity contribution is 7.90. The minimum absolute atomic E-state index is 0.0440. The van der Waals surface area contributed by atoms with Crippen molar-refractivity contribution >= 4 is 50.5 Å². The lowest BCUT2D eigenvalue weighted by atomic mass is 10.0. The number of hydrogen-bond acceptors (Lipinski definition) is 4. The molecular weight excluding hydrogens is 520 g/mol. The van der Waals surface area contributed by atoms with Gasteiger partial charge in [-0.3, -0.25) is 4.79 Å². The average Bonchev–Trinajstić information content (AvgIpc) is 3.28. The summed E-state index contributed by atoms with van der Waals surface area (Å²) in [6, 6.07) is 16.1. The summed E-state index contributed by atoms with van der Waals surface area (Å²) in [4.78, 5) is 16.5. The summed E-state index contributed by atoms with van der Waals surface area (Å²) in [7, 11) is -4.07. The first-order valence-corrected chi connectivity index (χ1v) is 14.5. The summed E-state index contributed by atoms with van der Waals surface area (Å²) in [5.74, 6) is 0.0778. The van der Waals surface area contributed by atoms with E-state index in [1.807, 2.05) is 56.3 Å². The number of fused-ring (bicyclic) bond motifs is 2. The Labute approximate surface area is 227 Å². The molecule has 4 aromatic rings. The van der Waals surface area contributed by atoms with Crippen LogP contribution in [0.3, 0.4) is 0 Å². The molecule has 1 aliphatic rings. The molecule has 3 aromatic carbocycles. The summed E-state index contributed by atoms with van der Waals surface area (Å²) in [5.41, 5.74) is 2.98. The normalized spacial score (nSPS) is 12.9. The number of aromatic nitrogens is 1. The Morgan fingerprint density at radius 2 is 1.71 bits per heavy atom. The molecule has 1 amide bonds. The fourth-order valence-electron chi connectivity index (χ4n) is 4.87. The maximum absolute atomic E-state index is 13.3. The first kappa shape index (κ1) is 26.1. The Morgan fingerprint density at radius 1 is 1.00 bits per heavy atom. The van der Waals surface area contributed by atoms with Crippen molar-refractivity contribution in [3.63, 3.8) is 0 Å². The van der Waals surface area contributed by atoms with Gasteiger partial charge in [0.15, 0.2) is 0 Å². The number of ether oxygens (including phenoxy) is 1. The molecule has 0 saturated heterocycles. The zero-order valence-corrected chi connectivity index (χ0v) is 22.9. The van der Waals surface area contributed by atoms with Gasteiger partial charge in [0.05, 0.1) is 11.5 Å². The molecule has 38 heavy (non-hydrogen) atoms. The van der Waals surface area contributed by atoms with E-state index >= 15 is 0 Å². The van der Waals surface area contributed by atoms with Crippen molar-refractivity contribution in [3.05, 3.63) is 92.6 Å². The van der Waals surface area contributed by atoms with Crippen molar-refractivity contribution in [2.75, 3.05) is 6.61 Å². The third-order valence-corrected chi connectivity index (χ3v) is 8.70. The van der Waals surface area contributed by atoms with E-state index in [1.54, 1.807) is 12.1 Å². The Kier molecular flexibility index (Phi) is 7.32. The van der Waals surface area contributed by atoms with Gasteiger partial charge >= 0.3 is 0 Å². The van der Waals surface area contributed by atoms with Gasteiger partial charge in [-0.15, -0.1) is 0 Å². The van der Waals surface area contributed by atoms with Gasteiger partial charge in [-0.05, 0) is 96.5 Å². The Bertz CT molecular complexity index is 1750. The summed E-state index contributed by atoms with van der Waals surface area (Å²) in [6.07, 6.45) is 7.08. The van der Waals surface area contributed by atoms with Crippen molar-refractivity contribution in [3.8, 4) is 5.75 Å². The quantitative estimate of drug-likeness (QED) is 0.306. The molecule has 5 rings (SSSR count). The second-order valence-electron chi connectivity index (χ2n) is 9.56. The van der Waals surface area contributed by atoms with Crippen LogP contribution < -0.4 is 20.0 Å². The lowest BCUT2D eigenvalue weighted by molar-refractivity contribution is 0.0976. The van der Waals surface area contributed by atoms with Gasteiger partial charge in [0.2, 0.25) is 0 Å². The maximum atomic E-state index is 13.3. The second kappa shape index (κ2) is 10.7. The van der Waals surface area contributed by atoms with E-state index in [4.69, 9.17) is 16.3 Å². The van der Waals surface area contributed by atoms with Crippen LogP contribution in [0.15, 0.2) is 59.5 Å². The molecule has 0 spiro atoms. The highest BCUT2D eigenvalue weighted by atomic mass is 35.5. The molecule has 0 atom stereocenters. The zero-order valence-electron chi connectivity index (χ0n) is 21.3. The molecule has 0 radical (unpaired) electrons. The monoisotopic (exact) mass is 548 g/mol. The average molecular weight is 549 g/mol. The van der Waals surface area contributed by atoms with Crippen LogP contribution in [0.4, 0.5) is 0 Å². The predicted octanol–water partition coefficient (Wildman–Crippen LogP) is 4.92. The van der Waals surface area contributed by atoms with Gasteiger partial charge in [0.1, 0.15) is 11.4 Å². The second-order valence-corrected chi connectivity index (χ2v) is 11.6. The largest absolute Gasteiger partial charge is 0.494 e. The van der Waals surface area contributed by atoms with Gasteiger partial charge < -0.3 is 9.72 Å². The van der Waals surface area contributed by atoms with Crippen LogP contribution in [-0.4, -0.2) is 25.9 Å². The van der Waals surface area contributed by atoms with Crippen LogP contribution in [-0.2, 0) is 16.4 Å². The van der Waals surface area contributed by atoms with E-state index in [0.29, 0.717) is 19.4 Å². The van der Waals surface area contributed by atoms with Gasteiger partial charge in [0, 0.05) is 10.4 Å². The molecule has 0 saturated carbocycles. The number of carbonyl (C=O) groups excluding carboxylic acids is 1. The number of hydrogen-bond donors (Lipinski definition) is 2. The van der Waals surface area contributed by atoms with Crippen LogP contribution in [0, 0.1) is 13.8 Å². The lowest BCUT2D eigenvalue weighted by Crippen LogP contribution is -2.32. The van der Waals surface area contributed by atoms with Gasteiger partial charge in [0.25, 0.3) is 15.9 Å². The summed E-state index contributed by atoms with van der Waals surface area (Å²) < 4.78 is 34.5. The summed E-state index contributed by atoms with van der Waals surface area (Å²) >= 11 is 6.26. The number of rotatable bonds is 8. The number of nitrogens with one attached hydrogen (secondary N) is 2. The van der Waals surface area contributed by atoms with Crippen LogP contribution in [0.1, 0.15) is 46.4 Å². The highest BCUT2D eigenvalue weighted by Crippen LogP contribution is 2.26. The lowest BCUT2D eigenvalue weighted by Gasteiger charge is -2.11.